The van der Waals surface area contributed by atoms with Gasteiger partial charge in [-0.15, -0.1) is 10.2 Å². The van der Waals surface area contributed by atoms with Crippen LogP contribution in [0.1, 0.15) is 25.7 Å². The van der Waals surface area contributed by atoms with Gasteiger partial charge in [-0.25, -0.2) is 8.78 Å². The van der Waals surface area contributed by atoms with Crippen LogP contribution in [0.15, 0.2) is 35.4 Å². The Kier molecular flexibility index (Phi) is 6.64. The van der Waals surface area contributed by atoms with Crippen LogP contribution in [0.4, 0.5) is 20.3 Å². The minimum Gasteiger partial charge on any atom is -0.355 e. The fourth-order valence-electron chi connectivity index (χ4n) is 3.39. The van der Waals surface area contributed by atoms with Crippen LogP contribution < -0.4 is 15.5 Å². The van der Waals surface area contributed by atoms with Gasteiger partial charge >= 0.3 is 0 Å². The minimum absolute atomic E-state index is 0.0627. The van der Waals surface area contributed by atoms with Crippen LogP contribution in [0.25, 0.3) is 0 Å². The predicted octanol–water partition coefficient (Wildman–Crippen LogP) is 2.98. The number of hydrogen-bond donors (Lipinski definition) is 2. The number of nitrogens with zero attached hydrogens (tertiary/aromatic N) is 3. The number of amides is 2. The Morgan fingerprint density at radius 3 is 2.45 bits per heavy atom. The number of rotatable bonds is 7. The van der Waals surface area contributed by atoms with Crippen molar-refractivity contribution in [2.45, 2.75) is 36.8 Å². The normalized spacial score (nSPS) is 16.8. The zero-order valence-corrected chi connectivity index (χ0v) is 17.6. The number of thioether (sulfide) groups is 1. The number of halogens is 2. The third-order valence-corrected chi connectivity index (χ3v) is 6.21. The third kappa shape index (κ3) is 5.90. The van der Waals surface area contributed by atoms with E-state index in [1.807, 2.05) is 6.07 Å². The van der Waals surface area contributed by atoms with Crippen molar-refractivity contribution >= 4 is 35.1 Å². The molecule has 0 bridgehead atoms. The Hall–Kier alpha value is -2.75. The summed E-state index contributed by atoms with van der Waals surface area (Å²) < 4.78 is 26.2. The van der Waals surface area contributed by atoms with Gasteiger partial charge in [-0.2, -0.15) is 0 Å². The van der Waals surface area contributed by atoms with Gasteiger partial charge in [0.05, 0.1) is 5.75 Å². The molecule has 0 radical (unpaired) electrons. The van der Waals surface area contributed by atoms with Crippen molar-refractivity contribution in [3.63, 3.8) is 0 Å². The number of carbonyl (C=O) groups excluding carboxylic acids is 2. The minimum atomic E-state index is -1.01. The standard InChI is InChI=1S/C21H23F2N5O2S/c22-16-4-3-15(11-17(16)23)24-19(29)12-31-20-6-5-18(26-27-20)28-9-7-13(8-10-28)21(30)25-14-1-2-14/h3-6,11,13-14H,1-2,7-10,12H2,(H,24,29)(H,25,30). The molecule has 7 nitrogen and oxygen atoms in total. The maximum atomic E-state index is 13.2. The average molecular weight is 448 g/mol. The number of benzene rings is 1. The fourth-order valence-corrected chi connectivity index (χ4v) is 4.00. The van der Waals surface area contributed by atoms with Gasteiger partial charge in [-0.05, 0) is 49.9 Å². The maximum absolute atomic E-state index is 13.2. The van der Waals surface area contributed by atoms with E-state index in [0.717, 1.165) is 56.7 Å². The molecule has 10 heteroatoms. The summed E-state index contributed by atoms with van der Waals surface area (Å²) in [5.41, 5.74) is 0.195. The molecule has 1 saturated heterocycles. The molecule has 1 aliphatic carbocycles. The molecular formula is C21H23F2N5O2S. The van der Waals surface area contributed by atoms with Gasteiger partial charge in [0.25, 0.3) is 0 Å². The third-order valence-electron chi connectivity index (χ3n) is 5.29. The lowest BCUT2D eigenvalue weighted by molar-refractivity contribution is -0.125. The van der Waals surface area contributed by atoms with E-state index >= 15 is 0 Å². The highest BCUT2D eigenvalue weighted by atomic mass is 32.2. The van der Waals surface area contributed by atoms with E-state index < -0.39 is 11.6 Å². The first-order chi connectivity index (χ1) is 15.0. The number of carbonyl (C=O) groups is 2. The van der Waals surface area contributed by atoms with Crippen molar-refractivity contribution in [2.24, 2.45) is 5.92 Å². The van der Waals surface area contributed by atoms with E-state index in [1.165, 1.54) is 17.8 Å². The molecule has 0 atom stereocenters. The van der Waals surface area contributed by atoms with E-state index in [-0.39, 0.29) is 29.2 Å². The lowest BCUT2D eigenvalue weighted by atomic mass is 9.96. The van der Waals surface area contributed by atoms with Crippen molar-refractivity contribution < 1.29 is 18.4 Å². The molecule has 2 heterocycles. The number of aromatic nitrogens is 2. The van der Waals surface area contributed by atoms with Crippen LogP contribution >= 0.6 is 11.8 Å². The second-order valence-electron chi connectivity index (χ2n) is 7.74. The van der Waals surface area contributed by atoms with Crippen molar-refractivity contribution in [1.82, 2.24) is 15.5 Å². The summed E-state index contributed by atoms with van der Waals surface area (Å²) in [4.78, 5) is 26.3. The highest BCUT2D eigenvalue weighted by Gasteiger charge is 2.30. The smallest absolute Gasteiger partial charge is 0.234 e. The molecule has 2 amide bonds. The van der Waals surface area contributed by atoms with Gasteiger partial charge in [0.15, 0.2) is 17.5 Å². The SMILES string of the molecule is O=C(CSc1ccc(N2CCC(C(=O)NC3CC3)CC2)nn1)Nc1ccc(F)c(F)c1. The van der Waals surface area contributed by atoms with Gasteiger partial charge in [0, 0.05) is 36.8 Å². The Labute approximate surface area is 183 Å². The number of anilines is 2. The van der Waals surface area contributed by atoms with Crippen molar-refractivity contribution in [2.75, 3.05) is 29.1 Å². The van der Waals surface area contributed by atoms with E-state index in [0.29, 0.717) is 11.1 Å². The molecule has 4 rings (SSSR count). The molecule has 1 aromatic carbocycles. The first kappa shape index (κ1) is 21.5. The van der Waals surface area contributed by atoms with Crippen LogP contribution in [0.3, 0.4) is 0 Å². The molecule has 2 aromatic rings. The Bertz CT molecular complexity index is 947. The molecule has 1 aliphatic heterocycles. The fraction of sp³-hybridized carbons (Fsp3) is 0.429. The summed E-state index contributed by atoms with van der Waals surface area (Å²) in [6.07, 6.45) is 3.77. The van der Waals surface area contributed by atoms with Crippen LogP contribution in [0.2, 0.25) is 0 Å². The number of nitrogens with one attached hydrogen (secondary N) is 2. The molecule has 2 aliphatic rings. The molecule has 164 valence electrons. The topological polar surface area (TPSA) is 87.2 Å². The Balaban J connectivity index is 1.22. The zero-order valence-electron chi connectivity index (χ0n) is 16.8. The summed E-state index contributed by atoms with van der Waals surface area (Å²) in [7, 11) is 0. The van der Waals surface area contributed by atoms with Crippen LogP contribution in [-0.4, -0.2) is 46.9 Å². The van der Waals surface area contributed by atoms with Gasteiger partial charge in [0.1, 0.15) is 5.03 Å². The van der Waals surface area contributed by atoms with Gasteiger partial charge in [-0.1, -0.05) is 11.8 Å². The lowest BCUT2D eigenvalue weighted by Crippen LogP contribution is -2.41. The summed E-state index contributed by atoms with van der Waals surface area (Å²) in [6.45, 7) is 1.50. The van der Waals surface area contributed by atoms with Gasteiger partial charge in [-0.3, -0.25) is 9.59 Å². The molecule has 2 N–H and O–H groups in total. The average Bonchev–Trinajstić information content (AvgIpc) is 3.59. The second kappa shape index (κ2) is 9.59. The highest BCUT2D eigenvalue weighted by Crippen LogP contribution is 2.25. The lowest BCUT2D eigenvalue weighted by Gasteiger charge is -2.31. The molecule has 2 fully saturated rings. The van der Waals surface area contributed by atoms with E-state index in [9.17, 15) is 18.4 Å². The molecule has 1 aromatic heterocycles. The summed E-state index contributed by atoms with van der Waals surface area (Å²) in [6, 6.07) is 7.24. The molecule has 31 heavy (non-hydrogen) atoms. The summed E-state index contributed by atoms with van der Waals surface area (Å²) in [5.74, 6) is -1.29. The van der Waals surface area contributed by atoms with Crippen LogP contribution in [-0.2, 0) is 9.59 Å². The molecule has 1 saturated carbocycles. The zero-order chi connectivity index (χ0) is 21.8. The maximum Gasteiger partial charge on any atom is 0.234 e. The van der Waals surface area contributed by atoms with Crippen molar-refractivity contribution in [1.29, 1.82) is 0 Å². The van der Waals surface area contributed by atoms with Crippen LogP contribution in [0.5, 0.6) is 0 Å². The van der Waals surface area contributed by atoms with E-state index in [1.54, 1.807) is 6.07 Å². The van der Waals surface area contributed by atoms with E-state index in [4.69, 9.17) is 0 Å². The first-order valence-corrected chi connectivity index (χ1v) is 11.2. The first-order valence-electron chi connectivity index (χ1n) is 10.2. The number of piperidine rings is 1. The predicted molar refractivity (Wildman–Crippen MR) is 114 cm³/mol. The molecule has 0 spiro atoms. The highest BCUT2D eigenvalue weighted by molar-refractivity contribution is 7.99. The van der Waals surface area contributed by atoms with Crippen molar-refractivity contribution in [3.05, 3.63) is 42.0 Å². The largest absolute Gasteiger partial charge is 0.355 e. The monoisotopic (exact) mass is 447 g/mol. The van der Waals surface area contributed by atoms with Gasteiger partial charge < -0.3 is 15.5 Å². The Morgan fingerprint density at radius 2 is 1.81 bits per heavy atom. The number of hydrogen-bond acceptors (Lipinski definition) is 6. The molecule has 0 unspecified atom stereocenters. The Morgan fingerprint density at radius 1 is 1.03 bits per heavy atom. The van der Waals surface area contributed by atoms with Crippen molar-refractivity contribution in [3.8, 4) is 0 Å². The molecular weight excluding hydrogens is 424 g/mol. The van der Waals surface area contributed by atoms with Gasteiger partial charge in [0.2, 0.25) is 11.8 Å². The summed E-state index contributed by atoms with van der Waals surface area (Å²) in [5, 5.41) is 14.6. The van der Waals surface area contributed by atoms with E-state index in [2.05, 4.69) is 25.7 Å². The quantitative estimate of drug-likeness (QED) is 0.635. The van der Waals surface area contributed by atoms with Crippen LogP contribution in [0, 0.1) is 17.6 Å². The summed E-state index contributed by atoms with van der Waals surface area (Å²) >= 11 is 1.20. The second-order valence-corrected chi connectivity index (χ2v) is 8.74.